The number of carbonyl (C=O) groups is 2. The predicted molar refractivity (Wildman–Crippen MR) is 136 cm³/mol. The minimum atomic E-state index is -1.73. The molecule has 0 bridgehead atoms. The van der Waals surface area contributed by atoms with E-state index in [2.05, 4.69) is 22.3 Å². The summed E-state index contributed by atoms with van der Waals surface area (Å²) in [7, 11) is 0. The zero-order chi connectivity index (χ0) is 26.5. The molecule has 0 unspecified atom stereocenters. The molecule has 3 aromatic rings. The largest absolute Gasteiger partial charge is 0.509 e. The second-order valence-electron chi connectivity index (χ2n) is 10.0. The monoisotopic (exact) mass is 521 g/mol. The van der Waals surface area contributed by atoms with Crippen molar-refractivity contribution in [2.75, 3.05) is 13.1 Å². The van der Waals surface area contributed by atoms with Gasteiger partial charge in [0.2, 0.25) is 5.82 Å². The van der Waals surface area contributed by atoms with Crippen LogP contribution >= 0.6 is 0 Å². The average Bonchev–Trinajstić information content (AvgIpc) is 3.39. The molecular weight excluding hydrogens is 490 g/mol. The number of rotatable bonds is 7. The summed E-state index contributed by atoms with van der Waals surface area (Å²) >= 11 is 0. The highest BCUT2D eigenvalue weighted by atomic mass is 16.8. The fourth-order valence-electron chi connectivity index (χ4n) is 5.52. The van der Waals surface area contributed by atoms with Crippen LogP contribution in [-0.4, -0.2) is 56.4 Å². The molecule has 1 aromatic heterocycles. The lowest BCUT2D eigenvalue weighted by Crippen LogP contribution is -2.52. The summed E-state index contributed by atoms with van der Waals surface area (Å²) in [5.41, 5.74) is 4.02. The van der Waals surface area contributed by atoms with Crippen LogP contribution in [0.5, 0.6) is 0 Å². The summed E-state index contributed by atoms with van der Waals surface area (Å²) in [6.45, 7) is 1.14. The maximum Gasteiger partial charge on any atom is 0.509 e. The van der Waals surface area contributed by atoms with E-state index in [4.69, 9.17) is 24.2 Å². The van der Waals surface area contributed by atoms with Crippen molar-refractivity contribution in [2.45, 2.75) is 63.2 Å². The molecule has 38 heavy (non-hydrogen) atoms. The number of nitrogens with zero attached hydrogens (tertiary/aromatic N) is 3. The molecule has 0 spiro atoms. The normalized spacial score (nSPS) is 18.1. The van der Waals surface area contributed by atoms with Gasteiger partial charge in [-0.3, -0.25) is 4.90 Å². The maximum absolute atomic E-state index is 11.1. The summed E-state index contributed by atoms with van der Waals surface area (Å²) in [6.07, 6.45) is 4.01. The Hall–Kier alpha value is -3.92. The lowest BCUT2D eigenvalue weighted by molar-refractivity contribution is -0.209. The first-order valence-corrected chi connectivity index (χ1v) is 13.0. The molecular formula is C28H31N3O7. The zero-order valence-electron chi connectivity index (χ0n) is 21.0. The number of benzene rings is 2. The fraction of sp³-hybridized carbons (Fsp3) is 0.429. The van der Waals surface area contributed by atoms with Gasteiger partial charge in [-0.2, -0.15) is 4.98 Å². The summed E-state index contributed by atoms with van der Waals surface area (Å²) < 4.78 is 15.2. The first-order valence-electron chi connectivity index (χ1n) is 13.0. The van der Waals surface area contributed by atoms with E-state index in [1.54, 1.807) is 0 Å². The van der Waals surface area contributed by atoms with Crippen LogP contribution in [0.25, 0.3) is 22.8 Å². The van der Waals surface area contributed by atoms with E-state index in [0.717, 1.165) is 16.7 Å². The zero-order valence-corrected chi connectivity index (χ0v) is 21.0. The average molecular weight is 522 g/mol. The molecule has 0 radical (unpaired) electrons. The molecule has 10 nitrogen and oxygen atoms in total. The van der Waals surface area contributed by atoms with Gasteiger partial charge < -0.3 is 24.2 Å². The smallest absolute Gasteiger partial charge is 0.450 e. The van der Waals surface area contributed by atoms with E-state index < -0.39 is 18.1 Å². The van der Waals surface area contributed by atoms with Crippen molar-refractivity contribution in [3.8, 4) is 22.8 Å². The Morgan fingerprint density at radius 2 is 1.58 bits per heavy atom. The summed E-state index contributed by atoms with van der Waals surface area (Å²) in [6, 6.07) is 16.1. The highest BCUT2D eigenvalue weighted by molar-refractivity contribution is 5.61. The Bertz CT molecular complexity index is 1230. The number of hydrogen-bond donors (Lipinski definition) is 2. The predicted octanol–water partition coefficient (Wildman–Crippen LogP) is 6.13. The molecule has 0 atom stereocenters. The Morgan fingerprint density at radius 3 is 2.24 bits per heavy atom. The molecule has 0 amide bonds. The molecule has 2 fully saturated rings. The Morgan fingerprint density at radius 1 is 0.921 bits per heavy atom. The van der Waals surface area contributed by atoms with E-state index >= 15 is 0 Å². The standard InChI is InChI=1S/C28H31N3O7/c32-26(33)36-28(37-27(34)35)15-4-16-31(18-28)17-19-7-9-22(10-8-19)24-29-25(38-30-24)23-13-11-21(12-14-23)20-5-2-1-3-6-20/h7-14,20H,1-6,15-18H2,(H,32,33)(H,34,35). The van der Waals surface area contributed by atoms with Crippen molar-refractivity contribution >= 4 is 12.3 Å². The third kappa shape index (κ3) is 6.13. The SMILES string of the molecule is O=C(O)OC1(OC(=O)O)CCCN(Cc2ccc(-c3noc(-c4ccc(C5CCCCC5)cc4)n3)cc2)C1. The quantitative estimate of drug-likeness (QED) is 0.276. The minimum absolute atomic E-state index is 0.0150. The van der Waals surface area contributed by atoms with E-state index in [-0.39, 0.29) is 13.0 Å². The maximum atomic E-state index is 11.1. The van der Waals surface area contributed by atoms with Crippen LogP contribution in [0.15, 0.2) is 53.1 Å². The second kappa shape index (κ2) is 11.2. The third-order valence-electron chi connectivity index (χ3n) is 7.32. The van der Waals surface area contributed by atoms with Gasteiger partial charge in [0.1, 0.15) is 0 Å². The van der Waals surface area contributed by atoms with Crippen LogP contribution in [-0.2, 0) is 16.0 Å². The van der Waals surface area contributed by atoms with Gasteiger partial charge in [0.25, 0.3) is 11.7 Å². The highest BCUT2D eigenvalue weighted by Gasteiger charge is 2.43. The molecule has 1 saturated carbocycles. The minimum Gasteiger partial charge on any atom is -0.450 e. The van der Waals surface area contributed by atoms with Gasteiger partial charge in [-0.05, 0) is 55.0 Å². The molecule has 2 aliphatic rings. The fourth-order valence-corrected chi connectivity index (χ4v) is 5.52. The molecule has 2 aromatic carbocycles. The van der Waals surface area contributed by atoms with E-state index in [0.29, 0.717) is 37.1 Å². The van der Waals surface area contributed by atoms with Gasteiger partial charge in [-0.15, -0.1) is 0 Å². The number of piperidine rings is 1. The third-order valence-corrected chi connectivity index (χ3v) is 7.32. The Kier molecular flexibility index (Phi) is 7.59. The highest BCUT2D eigenvalue weighted by Crippen LogP contribution is 2.34. The number of aromatic nitrogens is 2. The van der Waals surface area contributed by atoms with Crippen molar-refractivity contribution < 1.29 is 33.8 Å². The molecule has 5 rings (SSSR count). The van der Waals surface area contributed by atoms with Crippen LogP contribution in [0.3, 0.4) is 0 Å². The van der Waals surface area contributed by atoms with Crippen molar-refractivity contribution in [1.82, 2.24) is 15.0 Å². The van der Waals surface area contributed by atoms with Gasteiger partial charge in [-0.1, -0.05) is 60.8 Å². The molecule has 1 aliphatic heterocycles. The Balaban J connectivity index is 1.23. The lowest BCUT2D eigenvalue weighted by Gasteiger charge is -2.39. The number of ether oxygens (including phenoxy) is 2. The van der Waals surface area contributed by atoms with Gasteiger partial charge in [0.15, 0.2) is 0 Å². The first kappa shape index (κ1) is 25.7. The summed E-state index contributed by atoms with van der Waals surface area (Å²) in [4.78, 5) is 28.8. The topological polar surface area (TPSA) is 135 Å². The summed E-state index contributed by atoms with van der Waals surface area (Å²) in [5.74, 6) is -0.124. The molecule has 2 N–H and O–H groups in total. The Labute approximate surface area is 220 Å². The number of carboxylic acid groups (broad SMARTS) is 2. The molecule has 1 aliphatic carbocycles. The van der Waals surface area contributed by atoms with Crippen LogP contribution in [0.1, 0.15) is 62.0 Å². The molecule has 200 valence electrons. The molecule has 1 saturated heterocycles. The van der Waals surface area contributed by atoms with E-state index in [1.807, 2.05) is 41.3 Å². The summed E-state index contributed by atoms with van der Waals surface area (Å²) in [5, 5.41) is 22.3. The number of hydrogen-bond acceptors (Lipinski definition) is 8. The van der Waals surface area contributed by atoms with E-state index in [9.17, 15) is 9.59 Å². The molecule has 10 heteroatoms. The lowest BCUT2D eigenvalue weighted by atomic mass is 9.84. The van der Waals surface area contributed by atoms with Crippen molar-refractivity contribution in [2.24, 2.45) is 0 Å². The van der Waals surface area contributed by atoms with Gasteiger partial charge in [-0.25, -0.2) is 9.59 Å². The van der Waals surface area contributed by atoms with Crippen LogP contribution in [0, 0.1) is 0 Å². The van der Waals surface area contributed by atoms with Crippen molar-refractivity contribution in [3.05, 3.63) is 59.7 Å². The molecule has 2 heterocycles. The van der Waals surface area contributed by atoms with E-state index in [1.165, 1.54) is 37.7 Å². The first-order chi connectivity index (χ1) is 18.4. The van der Waals surface area contributed by atoms with Crippen molar-refractivity contribution in [1.29, 1.82) is 0 Å². The van der Waals surface area contributed by atoms with Gasteiger partial charge >= 0.3 is 12.3 Å². The van der Waals surface area contributed by atoms with Gasteiger partial charge in [0.05, 0.1) is 6.54 Å². The van der Waals surface area contributed by atoms with Crippen LogP contribution in [0.2, 0.25) is 0 Å². The number of likely N-dealkylation sites (tertiary alicyclic amines) is 1. The van der Waals surface area contributed by atoms with Crippen LogP contribution in [0.4, 0.5) is 9.59 Å². The van der Waals surface area contributed by atoms with Gasteiger partial charge in [0, 0.05) is 24.1 Å². The van der Waals surface area contributed by atoms with Crippen LogP contribution < -0.4 is 0 Å². The van der Waals surface area contributed by atoms with Crippen molar-refractivity contribution in [3.63, 3.8) is 0 Å². The second-order valence-corrected chi connectivity index (χ2v) is 10.0.